The lowest BCUT2D eigenvalue weighted by atomic mass is 9.79. The summed E-state index contributed by atoms with van der Waals surface area (Å²) >= 11 is 0. The van der Waals surface area contributed by atoms with Gasteiger partial charge < -0.3 is 15.7 Å². The summed E-state index contributed by atoms with van der Waals surface area (Å²) < 4.78 is 0. The number of nitrogens with one attached hydrogen (secondary N) is 2. The van der Waals surface area contributed by atoms with Crippen LogP contribution in [0.5, 0.6) is 5.75 Å². The van der Waals surface area contributed by atoms with Crippen molar-refractivity contribution < 1.29 is 5.11 Å². The Hall–Kier alpha value is -2.66. The molecular formula is C32H50N4O. The maximum atomic E-state index is 10.8. The Bertz CT molecular complexity index is 1050. The number of hydrogen-bond donors (Lipinski definition) is 3. The fourth-order valence-corrected chi connectivity index (χ4v) is 5.25. The zero-order valence-corrected chi connectivity index (χ0v) is 24.9. The summed E-state index contributed by atoms with van der Waals surface area (Å²) in [5, 5.41) is 18.4. The minimum Gasteiger partial charge on any atom is -0.507 e. The summed E-state index contributed by atoms with van der Waals surface area (Å²) in [6, 6.07) is 6.15. The van der Waals surface area contributed by atoms with Gasteiger partial charge in [0, 0.05) is 54.3 Å². The summed E-state index contributed by atoms with van der Waals surface area (Å²) in [5.74, 6) is 1.06. The zero-order chi connectivity index (χ0) is 27.8. The van der Waals surface area contributed by atoms with E-state index in [1.54, 1.807) is 19.3 Å². The lowest BCUT2D eigenvalue weighted by molar-refractivity contribution is 0.151. The van der Waals surface area contributed by atoms with Gasteiger partial charge in [0.05, 0.1) is 5.71 Å². The minimum atomic E-state index is 0.0877. The molecule has 2 aliphatic rings. The van der Waals surface area contributed by atoms with Gasteiger partial charge in [-0.1, -0.05) is 45.4 Å². The molecule has 3 N–H and O–H groups in total. The highest BCUT2D eigenvalue weighted by Crippen LogP contribution is 2.31. The molecule has 37 heavy (non-hydrogen) atoms. The number of piperidine rings is 1. The molecule has 1 saturated heterocycles. The van der Waals surface area contributed by atoms with Crippen molar-refractivity contribution in [1.29, 1.82) is 0 Å². The van der Waals surface area contributed by atoms with E-state index in [0.717, 1.165) is 59.7 Å². The predicted molar refractivity (Wildman–Crippen MR) is 162 cm³/mol. The summed E-state index contributed by atoms with van der Waals surface area (Å²) in [4.78, 5) is 8.91. The molecule has 0 aromatic heterocycles. The number of nitrogens with zero attached hydrogens (tertiary/aromatic N) is 2. The first kappa shape index (κ1) is 30.6. The lowest BCUT2D eigenvalue weighted by Gasteiger charge is -2.47. The molecule has 5 nitrogen and oxygen atoms in total. The van der Waals surface area contributed by atoms with Crippen LogP contribution in [-0.2, 0) is 0 Å². The van der Waals surface area contributed by atoms with Crippen molar-refractivity contribution in [2.24, 2.45) is 15.9 Å². The number of benzene rings is 1. The highest BCUT2D eigenvalue weighted by molar-refractivity contribution is 6.13. The summed E-state index contributed by atoms with van der Waals surface area (Å²) in [7, 11) is 1.75. The Morgan fingerprint density at radius 1 is 1.19 bits per heavy atom. The molecule has 0 aliphatic carbocycles. The number of hydrogen-bond acceptors (Lipinski definition) is 5. The Kier molecular flexibility index (Phi) is 10.9. The maximum absolute atomic E-state index is 10.8. The molecule has 3 rings (SSSR count). The first-order valence-corrected chi connectivity index (χ1v) is 13.7. The molecule has 0 atom stereocenters. The van der Waals surface area contributed by atoms with Gasteiger partial charge in [-0.25, -0.2) is 0 Å². The number of aliphatic imine (C=N–C) groups is 2. The van der Waals surface area contributed by atoms with Gasteiger partial charge in [-0.15, -0.1) is 0 Å². The third-order valence-corrected chi connectivity index (χ3v) is 6.34. The molecule has 5 heteroatoms. The standard InChI is InChI=1S/C28H40N4O.C4H10/c1-8-19-12-22(31-23-15-27(3,4)32-28(5,6)16-23)18-30-25(13-19)24-11-10-21(14-26(24)33)20(9-2)17-29-7;1-4(2)3/h9-11,13-14,17-18,23,31-33H,8,12,15-16H2,1-7H3;4H,1-3H3/b20-9+,29-17?;. The second-order valence-electron chi connectivity index (χ2n) is 12.2. The van der Waals surface area contributed by atoms with Crippen molar-refractivity contribution in [2.75, 3.05) is 7.05 Å². The Morgan fingerprint density at radius 3 is 2.32 bits per heavy atom. The van der Waals surface area contributed by atoms with Crippen LogP contribution in [0.25, 0.3) is 5.57 Å². The van der Waals surface area contributed by atoms with Crippen LogP contribution in [0, 0.1) is 5.92 Å². The van der Waals surface area contributed by atoms with E-state index >= 15 is 0 Å². The van der Waals surface area contributed by atoms with Crippen LogP contribution in [0.2, 0.25) is 0 Å². The molecule has 2 aliphatic heterocycles. The van der Waals surface area contributed by atoms with Gasteiger partial charge in [-0.05, 0) is 89.1 Å². The van der Waals surface area contributed by atoms with Crippen molar-refractivity contribution in [1.82, 2.24) is 10.6 Å². The van der Waals surface area contributed by atoms with Crippen LogP contribution in [0.1, 0.15) is 99.1 Å². The molecule has 204 valence electrons. The first-order valence-electron chi connectivity index (χ1n) is 13.7. The van der Waals surface area contributed by atoms with E-state index in [4.69, 9.17) is 4.99 Å². The molecule has 0 spiro atoms. The van der Waals surface area contributed by atoms with E-state index in [1.165, 1.54) is 5.57 Å². The molecule has 1 aromatic rings. The van der Waals surface area contributed by atoms with E-state index in [2.05, 4.69) is 77.1 Å². The molecule has 1 fully saturated rings. The van der Waals surface area contributed by atoms with E-state index in [1.807, 2.05) is 31.3 Å². The molecule has 0 amide bonds. The molecule has 1 aromatic carbocycles. The van der Waals surface area contributed by atoms with E-state index in [-0.39, 0.29) is 16.8 Å². The minimum absolute atomic E-state index is 0.0877. The summed E-state index contributed by atoms with van der Waals surface area (Å²) in [5.41, 5.74) is 6.07. The monoisotopic (exact) mass is 506 g/mol. The molecule has 0 unspecified atom stereocenters. The molecule has 0 radical (unpaired) electrons. The number of rotatable bonds is 6. The van der Waals surface area contributed by atoms with Gasteiger partial charge in [0.1, 0.15) is 5.75 Å². The van der Waals surface area contributed by atoms with Crippen LogP contribution in [0.15, 0.2) is 57.8 Å². The van der Waals surface area contributed by atoms with Crippen molar-refractivity contribution in [2.45, 2.75) is 105 Å². The fraction of sp³-hybridized carbons (Fsp3) is 0.562. The topological polar surface area (TPSA) is 69.0 Å². The average Bonchev–Trinajstić information content (AvgIpc) is 2.97. The van der Waals surface area contributed by atoms with E-state index < -0.39 is 0 Å². The van der Waals surface area contributed by atoms with Crippen molar-refractivity contribution >= 4 is 17.5 Å². The normalized spacial score (nSPS) is 20.0. The second-order valence-corrected chi connectivity index (χ2v) is 12.2. The van der Waals surface area contributed by atoms with Crippen LogP contribution in [0.3, 0.4) is 0 Å². The van der Waals surface area contributed by atoms with E-state index in [9.17, 15) is 5.11 Å². The van der Waals surface area contributed by atoms with E-state index in [0.29, 0.717) is 6.04 Å². The van der Waals surface area contributed by atoms with Crippen molar-refractivity contribution in [3.05, 3.63) is 58.9 Å². The number of phenols is 1. The van der Waals surface area contributed by atoms with Crippen LogP contribution in [-0.4, -0.2) is 41.2 Å². The lowest BCUT2D eigenvalue weighted by Crippen LogP contribution is -2.61. The molecule has 2 heterocycles. The van der Waals surface area contributed by atoms with Crippen molar-refractivity contribution in [3.8, 4) is 5.75 Å². The SMILES string of the molecule is C/C=C(\C=NC)c1ccc(C2=NC=C(NC3CC(C)(C)NC(C)(C)C3)CC(CC)=C2)c(O)c1.CC(C)C. The van der Waals surface area contributed by atoms with Crippen LogP contribution < -0.4 is 10.6 Å². The smallest absolute Gasteiger partial charge is 0.125 e. The van der Waals surface area contributed by atoms with Crippen LogP contribution in [0.4, 0.5) is 0 Å². The van der Waals surface area contributed by atoms with Gasteiger partial charge in [0.2, 0.25) is 0 Å². The van der Waals surface area contributed by atoms with Gasteiger partial charge >= 0.3 is 0 Å². The van der Waals surface area contributed by atoms with Gasteiger partial charge in [-0.2, -0.15) is 0 Å². The largest absolute Gasteiger partial charge is 0.507 e. The quantitative estimate of drug-likeness (QED) is 0.351. The predicted octanol–water partition coefficient (Wildman–Crippen LogP) is 7.43. The molecular weight excluding hydrogens is 456 g/mol. The Balaban J connectivity index is 0.00000112. The third-order valence-electron chi connectivity index (χ3n) is 6.34. The summed E-state index contributed by atoms with van der Waals surface area (Å²) in [6.07, 6.45) is 11.8. The first-order chi connectivity index (χ1) is 17.3. The van der Waals surface area contributed by atoms with Gasteiger partial charge in [0.15, 0.2) is 0 Å². The van der Waals surface area contributed by atoms with Gasteiger partial charge in [-0.3, -0.25) is 9.98 Å². The molecule has 0 bridgehead atoms. The molecule has 0 saturated carbocycles. The zero-order valence-electron chi connectivity index (χ0n) is 24.9. The number of aromatic hydroxyl groups is 1. The number of allylic oxidation sites excluding steroid dienone is 4. The fourth-order valence-electron chi connectivity index (χ4n) is 5.25. The average molecular weight is 507 g/mol. The Labute approximate surface area is 226 Å². The highest BCUT2D eigenvalue weighted by Gasteiger charge is 2.37. The van der Waals surface area contributed by atoms with Crippen molar-refractivity contribution in [3.63, 3.8) is 0 Å². The third kappa shape index (κ3) is 9.62. The van der Waals surface area contributed by atoms with Gasteiger partial charge in [0.25, 0.3) is 0 Å². The highest BCUT2D eigenvalue weighted by atomic mass is 16.3. The Morgan fingerprint density at radius 2 is 1.81 bits per heavy atom. The second kappa shape index (κ2) is 13.2. The summed E-state index contributed by atoms with van der Waals surface area (Å²) in [6.45, 7) is 19.7. The number of phenolic OH excluding ortho intramolecular Hbond substituents is 1. The van der Waals surface area contributed by atoms with Crippen LogP contribution >= 0.6 is 0 Å². The maximum Gasteiger partial charge on any atom is 0.125 e.